The molecule has 2 amide bonds. The van der Waals surface area contributed by atoms with Crippen molar-refractivity contribution >= 4 is 29.1 Å². The molecule has 2 N–H and O–H groups in total. The van der Waals surface area contributed by atoms with Crippen LogP contribution >= 0.6 is 11.6 Å². The maximum atomic E-state index is 12.5. The highest BCUT2D eigenvalue weighted by atomic mass is 35.5. The summed E-state index contributed by atoms with van der Waals surface area (Å²) in [5.41, 5.74) is 1.10. The van der Waals surface area contributed by atoms with Gasteiger partial charge in [-0.25, -0.2) is 0 Å². The minimum atomic E-state index is -0.145. The zero-order valence-corrected chi connectivity index (χ0v) is 14.4. The number of likely N-dealkylation sites (tertiary alicyclic amines) is 1. The largest absolute Gasteiger partial charge is 0.339 e. The molecule has 0 aliphatic carbocycles. The van der Waals surface area contributed by atoms with E-state index in [1.807, 2.05) is 18.9 Å². The van der Waals surface area contributed by atoms with Crippen LogP contribution in [-0.2, 0) is 4.79 Å². The summed E-state index contributed by atoms with van der Waals surface area (Å²) in [6, 6.07) is 5.06. The van der Waals surface area contributed by atoms with E-state index in [1.54, 1.807) is 18.2 Å². The van der Waals surface area contributed by atoms with E-state index in [0.29, 0.717) is 22.8 Å². The van der Waals surface area contributed by atoms with Crippen molar-refractivity contribution in [2.75, 3.05) is 32.0 Å². The van der Waals surface area contributed by atoms with Gasteiger partial charge < -0.3 is 15.5 Å². The van der Waals surface area contributed by atoms with E-state index in [-0.39, 0.29) is 17.7 Å². The summed E-state index contributed by atoms with van der Waals surface area (Å²) in [4.78, 5) is 26.3. The zero-order valence-electron chi connectivity index (χ0n) is 13.7. The molecular formula is C17H24ClN3O2. The van der Waals surface area contributed by atoms with Crippen LogP contribution in [-0.4, -0.2) is 43.4 Å². The molecule has 1 aromatic carbocycles. The molecule has 0 radical (unpaired) electrons. The topological polar surface area (TPSA) is 61.4 Å². The van der Waals surface area contributed by atoms with Crippen LogP contribution in [0.2, 0.25) is 5.02 Å². The van der Waals surface area contributed by atoms with Gasteiger partial charge in [0.2, 0.25) is 5.91 Å². The number of halogens is 1. The zero-order chi connectivity index (χ0) is 16.8. The third-order valence-electron chi connectivity index (χ3n) is 4.07. The highest BCUT2D eigenvalue weighted by Gasteiger charge is 2.21. The Morgan fingerprint density at radius 2 is 1.96 bits per heavy atom. The third kappa shape index (κ3) is 4.69. The number of hydrogen-bond donors (Lipinski definition) is 2. The molecule has 1 aliphatic rings. The highest BCUT2D eigenvalue weighted by molar-refractivity contribution is 6.34. The smallest absolute Gasteiger partial charge is 0.255 e. The summed E-state index contributed by atoms with van der Waals surface area (Å²) in [7, 11) is 1.81. The second kappa shape index (κ2) is 8.31. The first kappa shape index (κ1) is 17.8. The Morgan fingerprint density at radius 1 is 1.26 bits per heavy atom. The lowest BCUT2D eigenvalue weighted by atomic mass is 10.1. The van der Waals surface area contributed by atoms with Gasteiger partial charge in [-0.05, 0) is 44.5 Å². The Balaban J connectivity index is 2.05. The van der Waals surface area contributed by atoms with E-state index in [1.165, 1.54) is 6.42 Å². The van der Waals surface area contributed by atoms with E-state index in [0.717, 1.165) is 25.9 Å². The summed E-state index contributed by atoms with van der Waals surface area (Å²) in [6.07, 6.45) is 3.26. The van der Waals surface area contributed by atoms with Gasteiger partial charge in [-0.3, -0.25) is 9.59 Å². The van der Waals surface area contributed by atoms with Gasteiger partial charge in [0.1, 0.15) is 0 Å². The van der Waals surface area contributed by atoms with E-state index in [2.05, 4.69) is 10.6 Å². The van der Waals surface area contributed by atoms with Crippen molar-refractivity contribution in [1.82, 2.24) is 10.2 Å². The molecule has 5 nitrogen and oxygen atoms in total. The molecular weight excluding hydrogens is 314 g/mol. The maximum absolute atomic E-state index is 12.5. The van der Waals surface area contributed by atoms with Gasteiger partial charge in [0.15, 0.2) is 0 Å². The van der Waals surface area contributed by atoms with E-state index >= 15 is 0 Å². The normalized spacial score (nSPS) is 16.0. The van der Waals surface area contributed by atoms with Gasteiger partial charge in [-0.2, -0.15) is 0 Å². The number of nitrogens with one attached hydrogen (secondary N) is 2. The monoisotopic (exact) mass is 337 g/mol. The second-order valence-electron chi connectivity index (χ2n) is 6.00. The fraction of sp³-hybridized carbons (Fsp3) is 0.529. The molecule has 1 aliphatic heterocycles. The third-order valence-corrected chi connectivity index (χ3v) is 4.38. The maximum Gasteiger partial charge on any atom is 0.255 e. The van der Waals surface area contributed by atoms with E-state index < -0.39 is 0 Å². The number of anilines is 1. The number of rotatable bonds is 5. The number of hydrogen-bond acceptors (Lipinski definition) is 3. The van der Waals surface area contributed by atoms with Crippen molar-refractivity contribution in [2.45, 2.75) is 26.2 Å². The number of piperidine rings is 1. The fourth-order valence-corrected chi connectivity index (χ4v) is 2.96. The lowest BCUT2D eigenvalue weighted by molar-refractivity contribution is -0.119. The summed E-state index contributed by atoms with van der Waals surface area (Å²) >= 11 is 6.26. The minimum absolute atomic E-state index is 0.0314. The molecule has 0 spiro atoms. The highest BCUT2D eigenvalue weighted by Crippen LogP contribution is 2.24. The quantitative estimate of drug-likeness (QED) is 0.868. The van der Waals surface area contributed by atoms with Crippen LogP contribution in [0.3, 0.4) is 0 Å². The molecule has 0 saturated carbocycles. The first-order valence-electron chi connectivity index (χ1n) is 8.07. The molecule has 2 rings (SSSR count). The van der Waals surface area contributed by atoms with Crippen LogP contribution in [0.5, 0.6) is 0 Å². The molecule has 1 heterocycles. The van der Waals surface area contributed by atoms with Gasteiger partial charge in [0.05, 0.1) is 10.6 Å². The molecule has 6 heteroatoms. The molecule has 0 aromatic heterocycles. The number of nitrogens with zero attached hydrogens (tertiary/aromatic N) is 1. The molecule has 1 unspecified atom stereocenters. The minimum Gasteiger partial charge on any atom is -0.339 e. The summed E-state index contributed by atoms with van der Waals surface area (Å²) < 4.78 is 0. The Kier molecular flexibility index (Phi) is 6.42. The number of carbonyl (C=O) groups excluding carboxylic acids is 2. The van der Waals surface area contributed by atoms with Crippen molar-refractivity contribution in [3.8, 4) is 0 Å². The predicted molar refractivity (Wildman–Crippen MR) is 92.9 cm³/mol. The average molecular weight is 338 g/mol. The first-order chi connectivity index (χ1) is 11.0. The van der Waals surface area contributed by atoms with Crippen molar-refractivity contribution in [2.24, 2.45) is 5.92 Å². The number of amides is 2. The van der Waals surface area contributed by atoms with Crippen molar-refractivity contribution in [1.29, 1.82) is 0 Å². The molecule has 1 aromatic rings. The van der Waals surface area contributed by atoms with Crippen LogP contribution in [0.15, 0.2) is 18.2 Å². The van der Waals surface area contributed by atoms with Gasteiger partial charge in [-0.15, -0.1) is 0 Å². The Hall–Kier alpha value is -1.59. The van der Waals surface area contributed by atoms with Crippen LogP contribution in [0, 0.1) is 5.92 Å². The van der Waals surface area contributed by atoms with Gasteiger partial charge in [-0.1, -0.05) is 18.5 Å². The lowest BCUT2D eigenvalue weighted by Gasteiger charge is -2.27. The second-order valence-corrected chi connectivity index (χ2v) is 6.40. The van der Waals surface area contributed by atoms with Crippen LogP contribution in [0.4, 0.5) is 5.69 Å². The summed E-state index contributed by atoms with van der Waals surface area (Å²) in [6.45, 7) is 4.02. The molecule has 1 saturated heterocycles. The van der Waals surface area contributed by atoms with E-state index in [4.69, 9.17) is 11.6 Å². The molecule has 1 fully saturated rings. The van der Waals surface area contributed by atoms with Gasteiger partial charge in [0.25, 0.3) is 5.91 Å². The number of benzene rings is 1. The van der Waals surface area contributed by atoms with Gasteiger partial charge >= 0.3 is 0 Å². The fourth-order valence-electron chi connectivity index (χ4n) is 2.70. The first-order valence-corrected chi connectivity index (χ1v) is 8.45. The number of carbonyl (C=O) groups is 2. The SMILES string of the molecule is CNCC(C)C(=O)Nc1ccc(C(=O)N2CCCCC2)c(Cl)c1. The predicted octanol–water partition coefficient (Wildman–Crippen LogP) is 2.76. The van der Waals surface area contributed by atoms with Crippen LogP contribution in [0.1, 0.15) is 36.5 Å². The summed E-state index contributed by atoms with van der Waals surface area (Å²) in [5.74, 6) is -0.255. The Labute approximate surface area is 142 Å². The molecule has 126 valence electrons. The van der Waals surface area contributed by atoms with Crippen molar-refractivity contribution in [3.63, 3.8) is 0 Å². The molecule has 23 heavy (non-hydrogen) atoms. The lowest BCUT2D eigenvalue weighted by Crippen LogP contribution is -2.35. The standard InChI is InChI=1S/C17H24ClN3O2/c1-12(11-19-2)16(22)20-13-6-7-14(15(18)10-13)17(23)21-8-4-3-5-9-21/h6-7,10,12,19H,3-5,8-9,11H2,1-2H3,(H,20,22). The van der Waals surface area contributed by atoms with Gasteiger partial charge in [0, 0.05) is 31.2 Å². The Morgan fingerprint density at radius 3 is 2.57 bits per heavy atom. The average Bonchev–Trinajstić information content (AvgIpc) is 2.55. The van der Waals surface area contributed by atoms with Crippen LogP contribution in [0.25, 0.3) is 0 Å². The molecule has 0 bridgehead atoms. The van der Waals surface area contributed by atoms with E-state index in [9.17, 15) is 9.59 Å². The van der Waals surface area contributed by atoms with Crippen molar-refractivity contribution in [3.05, 3.63) is 28.8 Å². The summed E-state index contributed by atoms with van der Waals surface area (Å²) in [5, 5.41) is 6.17. The molecule has 1 atom stereocenters. The van der Waals surface area contributed by atoms with Crippen molar-refractivity contribution < 1.29 is 9.59 Å². The van der Waals surface area contributed by atoms with Crippen LogP contribution < -0.4 is 10.6 Å². The Bertz CT molecular complexity index is 571.